The molecular weight excluding hydrogens is 515 g/mol. The fraction of sp³-hybridized carbons (Fsp3) is 0.542. The van der Waals surface area contributed by atoms with Crippen LogP contribution in [0.1, 0.15) is 48.7 Å². The summed E-state index contributed by atoms with van der Waals surface area (Å²) < 4.78 is 2.08. The van der Waals surface area contributed by atoms with Crippen molar-refractivity contribution in [1.82, 2.24) is 25.3 Å². The molecular formula is C24H37IN6O. The van der Waals surface area contributed by atoms with Gasteiger partial charge in [0.05, 0.1) is 18.8 Å². The van der Waals surface area contributed by atoms with Crippen LogP contribution in [0.4, 0.5) is 0 Å². The standard InChI is InChI=1S/C24H36N6O.HI/c1-5-26-24(29-13-11-20(12-14-29)15-23(31)25-4)27-16-22-18(2)28-30(19(22)3)17-21-9-7-6-8-10-21;/h6-10,20H,5,11-17H2,1-4H3,(H,25,31)(H,26,27);1H. The van der Waals surface area contributed by atoms with E-state index in [1.165, 1.54) is 16.8 Å². The number of carbonyl (C=O) groups excluding carboxylic acids is 1. The van der Waals surface area contributed by atoms with Gasteiger partial charge in [-0.25, -0.2) is 4.99 Å². The highest BCUT2D eigenvalue weighted by atomic mass is 127. The summed E-state index contributed by atoms with van der Waals surface area (Å²) in [4.78, 5) is 18.9. The summed E-state index contributed by atoms with van der Waals surface area (Å²) in [5, 5.41) is 10.9. The number of piperidine rings is 1. The summed E-state index contributed by atoms with van der Waals surface area (Å²) in [7, 11) is 1.71. The topological polar surface area (TPSA) is 74.5 Å². The van der Waals surface area contributed by atoms with Gasteiger partial charge in [-0.2, -0.15) is 5.10 Å². The zero-order valence-corrected chi connectivity index (χ0v) is 22.1. The molecule has 1 aromatic carbocycles. The second-order valence-electron chi connectivity index (χ2n) is 8.27. The van der Waals surface area contributed by atoms with Crippen molar-refractivity contribution < 1.29 is 4.79 Å². The average molecular weight is 553 g/mol. The number of halogens is 1. The van der Waals surface area contributed by atoms with Gasteiger partial charge in [-0.05, 0) is 45.1 Å². The third-order valence-electron chi connectivity index (χ3n) is 6.10. The van der Waals surface area contributed by atoms with Crippen molar-refractivity contribution in [2.24, 2.45) is 10.9 Å². The minimum atomic E-state index is 0. The maximum Gasteiger partial charge on any atom is 0.220 e. The zero-order valence-electron chi connectivity index (χ0n) is 19.7. The minimum Gasteiger partial charge on any atom is -0.359 e. The third kappa shape index (κ3) is 6.95. The Labute approximate surface area is 209 Å². The van der Waals surface area contributed by atoms with Crippen LogP contribution >= 0.6 is 24.0 Å². The van der Waals surface area contributed by atoms with Crippen LogP contribution in [-0.2, 0) is 17.9 Å². The van der Waals surface area contributed by atoms with E-state index in [1.54, 1.807) is 7.05 Å². The lowest BCUT2D eigenvalue weighted by atomic mass is 9.93. The first-order valence-corrected chi connectivity index (χ1v) is 11.3. The number of nitrogens with zero attached hydrogens (tertiary/aromatic N) is 4. The molecule has 1 aliphatic rings. The van der Waals surface area contributed by atoms with Gasteiger partial charge in [0, 0.05) is 44.4 Å². The Bertz CT molecular complexity index is 887. The first-order valence-electron chi connectivity index (χ1n) is 11.3. The molecule has 1 aromatic heterocycles. The molecule has 32 heavy (non-hydrogen) atoms. The van der Waals surface area contributed by atoms with Crippen molar-refractivity contribution >= 4 is 35.8 Å². The van der Waals surface area contributed by atoms with Gasteiger partial charge in [-0.1, -0.05) is 30.3 Å². The Balaban J connectivity index is 0.00000363. The van der Waals surface area contributed by atoms with E-state index in [-0.39, 0.29) is 29.9 Å². The molecule has 0 spiro atoms. The molecule has 1 amide bonds. The largest absolute Gasteiger partial charge is 0.359 e. The molecule has 2 heterocycles. The third-order valence-corrected chi connectivity index (χ3v) is 6.10. The molecule has 0 aliphatic carbocycles. The molecule has 8 heteroatoms. The van der Waals surface area contributed by atoms with E-state index in [9.17, 15) is 4.79 Å². The van der Waals surface area contributed by atoms with Gasteiger partial charge in [0.1, 0.15) is 0 Å². The Kier molecular flexibility index (Phi) is 10.5. The molecule has 1 saturated heterocycles. The molecule has 0 radical (unpaired) electrons. The SMILES string of the molecule is CCNC(=NCc1c(C)nn(Cc2ccccc2)c1C)N1CCC(CC(=O)NC)CC1.I. The number of amides is 1. The maximum absolute atomic E-state index is 11.7. The van der Waals surface area contributed by atoms with Gasteiger partial charge >= 0.3 is 0 Å². The van der Waals surface area contributed by atoms with Crippen molar-refractivity contribution in [2.75, 3.05) is 26.7 Å². The lowest BCUT2D eigenvalue weighted by molar-refractivity contribution is -0.121. The smallest absolute Gasteiger partial charge is 0.220 e. The lowest BCUT2D eigenvalue weighted by Gasteiger charge is -2.34. The number of rotatable bonds is 7. The zero-order chi connectivity index (χ0) is 22.2. The molecule has 0 bridgehead atoms. The number of benzene rings is 1. The maximum atomic E-state index is 11.7. The van der Waals surface area contributed by atoms with Gasteiger partial charge < -0.3 is 15.5 Å². The monoisotopic (exact) mass is 552 g/mol. The highest BCUT2D eigenvalue weighted by Gasteiger charge is 2.23. The number of hydrogen-bond acceptors (Lipinski definition) is 3. The van der Waals surface area contributed by atoms with Crippen molar-refractivity contribution in [3.05, 3.63) is 52.8 Å². The number of aryl methyl sites for hydroxylation is 1. The number of hydrogen-bond donors (Lipinski definition) is 2. The van der Waals surface area contributed by atoms with Gasteiger partial charge in [-0.15, -0.1) is 24.0 Å². The molecule has 2 N–H and O–H groups in total. The van der Waals surface area contributed by atoms with Gasteiger partial charge in [0.25, 0.3) is 0 Å². The number of nitrogens with one attached hydrogen (secondary N) is 2. The predicted molar refractivity (Wildman–Crippen MR) is 140 cm³/mol. The second kappa shape index (κ2) is 12.8. The van der Waals surface area contributed by atoms with E-state index in [1.807, 2.05) is 6.07 Å². The van der Waals surface area contributed by atoms with Crippen LogP contribution in [0.5, 0.6) is 0 Å². The Morgan fingerprint density at radius 1 is 1.19 bits per heavy atom. The van der Waals surface area contributed by atoms with Crippen LogP contribution in [0.15, 0.2) is 35.3 Å². The first kappa shape index (κ1) is 26.2. The summed E-state index contributed by atoms with van der Waals surface area (Å²) >= 11 is 0. The van der Waals surface area contributed by atoms with Gasteiger partial charge in [-0.3, -0.25) is 9.48 Å². The van der Waals surface area contributed by atoms with Crippen LogP contribution in [0.3, 0.4) is 0 Å². The summed E-state index contributed by atoms with van der Waals surface area (Å²) in [5.74, 6) is 1.55. The molecule has 3 rings (SSSR count). The molecule has 0 saturated carbocycles. The van der Waals surface area contributed by atoms with Crippen LogP contribution < -0.4 is 10.6 Å². The van der Waals surface area contributed by atoms with Crippen molar-refractivity contribution in [1.29, 1.82) is 0 Å². The van der Waals surface area contributed by atoms with E-state index in [0.29, 0.717) is 18.9 Å². The summed E-state index contributed by atoms with van der Waals surface area (Å²) in [6, 6.07) is 10.4. The van der Waals surface area contributed by atoms with Crippen LogP contribution in [0.25, 0.3) is 0 Å². The summed E-state index contributed by atoms with van der Waals surface area (Å²) in [6.45, 7) is 10.4. The average Bonchev–Trinajstić information content (AvgIpc) is 3.04. The predicted octanol–water partition coefficient (Wildman–Crippen LogP) is 3.48. The Hall–Kier alpha value is -2.10. The lowest BCUT2D eigenvalue weighted by Crippen LogP contribution is -2.46. The highest BCUT2D eigenvalue weighted by molar-refractivity contribution is 14.0. The van der Waals surface area contributed by atoms with Crippen LogP contribution in [0.2, 0.25) is 0 Å². The molecule has 1 fully saturated rings. The molecule has 0 unspecified atom stereocenters. The molecule has 7 nitrogen and oxygen atoms in total. The van der Waals surface area contributed by atoms with Crippen LogP contribution in [-0.4, -0.2) is 53.2 Å². The Morgan fingerprint density at radius 3 is 2.50 bits per heavy atom. The summed E-state index contributed by atoms with van der Waals surface area (Å²) in [5.41, 5.74) is 4.65. The second-order valence-corrected chi connectivity index (χ2v) is 8.27. The van der Waals surface area contributed by atoms with Gasteiger partial charge in [0.15, 0.2) is 5.96 Å². The number of aromatic nitrogens is 2. The quantitative estimate of drug-likeness (QED) is 0.314. The Morgan fingerprint density at radius 2 is 1.88 bits per heavy atom. The first-order chi connectivity index (χ1) is 15.0. The fourth-order valence-corrected chi connectivity index (χ4v) is 4.17. The molecule has 176 valence electrons. The number of aliphatic imine (C=N–C) groups is 1. The fourth-order valence-electron chi connectivity index (χ4n) is 4.17. The van der Waals surface area contributed by atoms with E-state index >= 15 is 0 Å². The molecule has 0 atom stereocenters. The number of likely N-dealkylation sites (tertiary alicyclic amines) is 1. The molecule has 1 aliphatic heterocycles. The van der Waals surface area contributed by atoms with E-state index in [0.717, 1.165) is 50.7 Å². The highest BCUT2D eigenvalue weighted by Crippen LogP contribution is 2.21. The van der Waals surface area contributed by atoms with E-state index < -0.39 is 0 Å². The van der Waals surface area contributed by atoms with Crippen molar-refractivity contribution in [3.8, 4) is 0 Å². The normalized spacial score (nSPS) is 14.8. The molecule has 2 aromatic rings. The van der Waals surface area contributed by atoms with Crippen LogP contribution in [0, 0.1) is 19.8 Å². The number of guanidine groups is 1. The summed E-state index contributed by atoms with van der Waals surface area (Å²) in [6.07, 6.45) is 2.66. The van der Waals surface area contributed by atoms with E-state index in [2.05, 4.69) is 65.3 Å². The van der Waals surface area contributed by atoms with Crippen molar-refractivity contribution in [3.63, 3.8) is 0 Å². The van der Waals surface area contributed by atoms with Gasteiger partial charge in [0.2, 0.25) is 5.91 Å². The van der Waals surface area contributed by atoms with E-state index in [4.69, 9.17) is 10.1 Å². The van der Waals surface area contributed by atoms with Crippen molar-refractivity contribution in [2.45, 2.75) is 53.1 Å². The minimum absolute atomic E-state index is 0. The number of carbonyl (C=O) groups is 1.